The van der Waals surface area contributed by atoms with Crippen LogP contribution in [0.25, 0.3) is 10.9 Å². The molecular formula is C18H22N8O2. The van der Waals surface area contributed by atoms with Crippen LogP contribution < -0.4 is 22.1 Å². The van der Waals surface area contributed by atoms with Gasteiger partial charge in [0.1, 0.15) is 17.4 Å². The van der Waals surface area contributed by atoms with Crippen molar-refractivity contribution >= 4 is 40.2 Å². The molecule has 0 saturated carbocycles. The van der Waals surface area contributed by atoms with Crippen LogP contribution in [0.4, 0.5) is 17.5 Å². The first-order valence-electron chi connectivity index (χ1n) is 8.76. The van der Waals surface area contributed by atoms with Gasteiger partial charge in [-0.15, -0.1) is 0 Å². The van der Waals surface area contributed by atoms with Gasteiger partial charge in [-0.1, -0.05) is 13.8 Å². The van der Waals surface area contributed by atoms with Gasteiger partial charge < -0.3 is 22.1 Å². The molecule has 0 aliphatic rings. The van der Waals surface area contributed by atoms with Crippen LogP contribution in [0, 0.1) is 5.92 Å². The number of nitrogens with zero attached hydrogens (tertiary/aromatic N) is 3. The molecule has 0 aliphatic heterocycles. The molecule has 0 radical (unpaired) electrons. The summed E-state index contributed by atoms with van der Waals surface area (Å²) >= 11 is 0. The maximum Gasteiger partial charge on any atom is 0.254 e. The van der Waals surface area contributed by atoms with Gasteiger partial charge in [-0.05, 0) is 30.5 Å². The lowest BCUT2D eigenvalue weighted by Crippen LogP contribution is -2.37. The van der Waals surface area contributed by atoms with Crippen LogP contribution in [-0.2, 0) is 4.79 Å². The summed E-state index contributed by atoms with van der Waals surface area (Å²) in [5, 5.41) is 13.8. The fourth-order valence-electron chi connectivity index (χ4n) is 2.75. The van der Waals surface area contributed by atoms with Gasteiger partial charge >= 0.3 is 0 Å². The standard InChI is InChI=1S/C18H22N8O2/c1-9(2)5-14(16(20)28)24-18-21-8-12(15(19)27)17(25-18)23-11-4-3-10-7-22-26-13(10)6-11/h3-4,6-9,14H,5H2,1-2H3,(H2,19,27)(H2,20,28)(H,22,26)(H2,21,23,24,25). The molecule has 0 bridgehead atoms. The Morgan fingerprint density at radius 1 is 1.21 bits per heavy atom. The van der Waals surface area contributed by atoms with Crippen LogP contribution in [0.5, 0.6) is 0 Å². The van der Waals surface area contributed by atoms with Gasteiger partial charge in [0, 0.05) is 17.3 Å². The molecule has 146 valence electrons. The van der Waals surface area contributed by atoms with E-state index in [2.05, 4.69) is 30.8 Å². The molecule has 3 rings (SSSR count). The fourth-order valence-corrected chi connectivity index (χ4v) is 2.75. The molecule has 10 heteroatoms. The van der Waals surface area contributed by atoms with Gasteiger partial charge in [-0.25, -0.2) is 4.98 Å². The highest BCUT2D eigenvalue weighted by molar-refractivity contribution is 5.98. The van der Waals surface area contributed by atoms with Crippen molar-refractivity contribution in [3.05, 3.63) is 36.2 Å². The molecule has 2 heterocycles. The van der Waals surface area contributed by atoms with Crippen molar-refractivity contribution in [2.75, 3.05) is 10.6 Å². The number of nitrogens with one attached hydrogen (secondary N) is 3. The Balaban J connectivity index is 1.90. The van der Waals surface area contributed by atoms with E-state index in [1.165, 1.54) is 6.20 Å². The highest BCUT2D eigenvalue weighted by atomic mass is 16.1. The van der Waals surface area contributed by atoms with E-state index in [1.807, 2.05) is 32.0 Å². The summed E-state index contributed by atoms with van der Waals surface area (Å²) < 4.78 is 0. The molecule has 1 atom stereocenters. The van der Waals surface area contributed by atoms with Crippen molar-refractivity contribution in [2.45, 2.75) is 26.3 Å². The second kappa shape index (κ2) is 7.91. The Hall–Kier alpha value is -3.69. The smallest absolute Gasteiger partial charge is 0.254 e. The van der Waals surface area contributed by atoms with Crippen molar-refractivity contribution in [3.63, 3.8) is 0 Å². The number of aromatic nitrogens is 4. The fraction of sp³-hybridized carbons (Fsp3) is 0.278. The van der Waals surface area contributed by atoms with Crippen molar-refractivity contribution < 1.29 is 9.59 Å². The third kappa shape index (κ3) is 4.34. The Bertz CT molecular complexity index is 1010. The largest absolute Gasteiger partial charge is 0.368 e. The minimum atomic E-state index is -0.676. The van der Waals surface area contributed by atoms with E-state index >= 15 is 0 Å². The van der Waals surface area contributed by atoms with Crippen LogP contribution in [0.2, 0.25) is 0 Å². The summed E-state index contributed by atoms with van der Waals surface area (Å²) in [7, 11) is 0. The number of carbonyl (C=O) groups is 2. The van der Waals surface area contributed by atoms with E-state index in [0.29, 0.717) is 12.1 Å². The average Bonchev–Trinajstić information content (AvgIpc) is 3.08. The van der Waals surface area contributed by atoms with Crippen LogP contribution in [0.1, 0.15) is 30.6 Å². The average molecular weight is 382 g/mol. The number of hydrogen-bond acceptors (Lipinski definition) is 7. The van der Waals surface area contributed by atoms with E-state index in [1.54, 1.807) is 6.20 Å². The highest BCUT2D eigenvalue weighted by Gasteiger charge is 2.19. The number of primary amides is 2. The molecule has 0 spiro atoms. The van der Waals surface area contributed by atoms with Gasteiger partial charge in [0.25, 0.3) is 5.91 Å². The first kappa shape index (κ1) is 19.1. The zero-order valence-electron chi connectivity index (χ0n) is 15.6. The van der Waals surface area contributed by atoms with Crippen LogP contribution in [-0.4, -0.2) is 38.0 Å². The number of nitrogens with two attached hydrogens (primary N) is 2. The van der Waals surface area contributed by atoms with Crippen molar-refractivity contribution in [1.82, 2.24) is 20.2 Å². The highest BCUT2D eigenvalue weighted by Crippen LogP contribution is 2.23. The zero-order chi connectivity index (χ0) is 20.3. The number of rotatable bonds is 8. The molecule has 2 aromatic heterocycles. The van der Waals surface area contributed by atoms with Gasteiger partial charge in [0.15, 0.2) is 0 Å². The SMILES string of the molecule is CC(C)CC(Nc1ncc(C(N)=O)c(Nc2ccc3cn[nH]c3c2)n1)C(N)=O. The van der Waals surface area contributed by atoms with Crippen molar-refractivity contribution in [2.24, 2.45) is 17.4 Å². The normalized spacial score (nSPS) is 12.1. The minimum Gasteiger partial charge on any atom is -0.368 e. The van der Waals surface area contributed by atoms with Gasteiger partial charge in [-0.3, -0.25) is 14.7 Å². The Kier molecular flexibility index (Phi) is 5.39. The quantitative estimate of drug-likeness (QED) is 0.394. The second-order valence-electron chi connectivity index (χ2n) is 6.85. The van der Waals surface area contributed by atoms with Crippen LogP contribution in [0.15, 0.2) is 30.6 Å². The maximum atomic E-state index is 11.8. The number of benzene rings is 1. The molecule has 2 amide bonds. The maximum absolute atomic E-state index is 11.8. The first-order valence-corrected chi connectivity index (χ1v) is 8.76. The minimum absolute atomic E-state index is 0.120. The molecule has 1 aromatic carbocycles. The predicted molar refractivity (Wildman–Crippen MR) is 106 cm³/mol. The molecule has 7 N–H and O–H groups in total. The number of aromatic amines is 1. The lowest BCUT2D eigenvalue weighted by Gasteiger charge is -2.18. The van der Waals surface area contributed by atoms with E-state index in [9.17, 15) is 9.59 Å². The number of fused-ring (bicyclic) bond motifs is 1. The van der Waals surface area contributed by atoms with Crippen LogP contribution >= 0.6 is 0 Å². The number of hydrogen-bond donors (Lipinski definition) is 5. The zero-order valence-corrected chi connectivity index (χ0v) is 15.6. The Morgan fingerprint density at radius 2 is 2.00 bits per heavy atom. The Morgan fingerprint density at radius 3 is 2.68 bits per heavy atom. The first-order chi connectivity index (χ1) is 13.3. The van der Waals surface area contributed by atoms with Gasteiger partial charge in [0.05, 0.1) is 11.7 Å². The van der Waals surface area contributed by atoms with Crippen molar-refractivity contribution in [1.29, 1.82) is 0 Å². The molecule has 28 heavy (non-hydrogen) atoms. The topological polar surface area (TPSA) is 165 Å². The predicted octanol–water partition coefficient (Wildman–Crippen LogP) is 1.51. The molecule has 0 fully saturated rings. The van der Waals surface area contributed by atoms with E-state index < -0.39 is 17.9 Å². The third-order valence-corrected chi connectivity index (χ3v) is 4.11. The summed E-state index contributed by atoms with van der Waals surface area (Å²) in [6, 6.07) is 4.89. The van der Waals surface area contributed by atoms with E-state index in [0.717, 1.165) is 10.9 Å². The summed E-state index contributed by atoms with van der Waals surface area (Å²) in [4.78, 5) is 31.9. The number of carbonyl (C=O) groups excluding carboxylic acids is 2. The number of amides is 2. The second-order valence-corrected chi connectivity index (χ2v) is 6.85. The molecule has 0 saturated heterocycles. The van der Waals surface area contributed by atoms with Gasteiger partial charge in [0.2, 0.25) is 11.9 Å². The third-order valence-electron chi connectivity index (χ3n) is 4.11. The van der Waals surface area contributed by atoms with Crippen LogP contribution in [0.3, 0.4) is 0 Å². The molecular weight excluding hydrogens is 360 g/mol. The van der Waals surface area contributed by atoms with E-state index in [4.69, 9.17) is 11.5 Å². The van der Waals surface area contributed by atoms with Crippen molar-refractivity contribution in [3.8, 4) is 0 Å². The molecule has 1 unspecified atom stereocenters. The summed E-state index contributed by atoms with van der Waals surface area (Å²) in [5.41, 5.74) is 12.5. The lowest BCUT2D eigenvalue weighted by atomic mass is 10.0. The summed E-state index contributed by atoms with van der Waals surface area (Å²) in [6.07, 6.45) is 3.54. The number of H-pyrrole nitrogens is 1. The monoisotopic (exact) mass is 382 g/mol. The summed E-state index contributed by atoms with van der Waals surface area (Å²) in [5.74, 6) is -0.550. The molecule has 10 nitrogen and oxygen atoms in total. The number of anilines is 3. The van der Waals surface area contributed by atoms with E-state index in [-0.39, 0.29) is 23.2 Å². The Labute approximate surface area is 161 Å². The lowest BCUT2D eigenvalue weighted by molar-refractivity contribution is -0.119. The summed E-state index contributed by atoms with van der Waals surface area (Å²) in [6.45, 7) is 3.96. The van der Waals surface area contributed by atoms with Gasteiger partial charge in [-0.2, -0.15) is 10.1 Å². The molecule has 0 aliphatic carbocycles. The molecule has 3 aromatic rings.